The predicted octanol–water partition coefficient (Wildman–Crippen LogP) is 2.00. The molecule has 1 heterocycles. The summed E-state index contributed by atoms with van der Waals surface area (Å²) in [6, 6.07) is 7.71. The molecule has 0 aliphatic carbocycles. The van der Waals surface area contributed by atoms with Crippen molar-refractivity contribution in [3.05, 3.63) is 29.3 Å². The van der Waals surface area contributed by atoms with E-state index >= 15 is 0 Å². The topological polar surface area (TPSA) is 45.0 Å². The van der Waals surface area contributed by atoms with Gasteiger partial charge in [-0.05, 0) is 44.0 Å². The largest absolute Gasteiger partial charge is 0.489 e. The molecule has 3 heteroatoms. The molecule has 0 bridgehead atoms. The highest BCUT2D eigenvalue weighted by atomic mass is 16.5. The maximum atomic E-state index is 8.84. The highest BCUT2D eigenvalue weighted by Gasteiger charge is 2.15. The summed E-state index contributed by atoms with van der Waals surface area (Å²) in [5, 5.41) is 12.2. The summed E-state index contributed by atoms with van der Waals surface area (Å²) in [5.41, 5.74) is 1.74. The third kappa shape index (κ3) is 2.53. The molecule has 1 unspecified atom stereocenters. The maximum absolute atomic E-state index is 8.84. The first-order chi connectivity index (χ1) is 7.79. The number of benzene rings is 1. The second kappa shape index (κ2) is 5.00. The van der Waals surface area contributed by atoms with Gasteiger partial charge in [-0.25, -0.2) is 0 Å². The molecule has 1 aromatic carbocycles. The van der Waals surface area contributed by atoms with Gasteiger partial charge in [0.2, 0.25) is 0 Å². The van der Waals surface area contributed by atoms with Crippen LogP contribution in [0.3, 0.4) is 0 Å². The second-order valence-corrected chi connectivity index (χ2v) is 4.18. The van der Waals surface area contributed by atoms with Gasteiger partial charge in [0.1, 0.15) is 11.9 Å². The van der Waals surface area contributed by atoms with E-state index in [1.54, 1.807) is 0 Å². The van der Waals surface area contributed by atoms with Crippen molar-refractivity contribution in [1.29, 1.82) is 5.26 Å². The Kier molecular flexibility index (Phi) is 3.43. The SMILES string of the molecule is Cc1ccc(C#N)cc1OC1CCCNC1. The number of nitrogens with zero attached hydrogens (tertiary/aromatic N) is 1. The first-order valence-corrected chi connectivity index (χ1v) is 5.68. The van der Waals surface area contributed by atoms with E-state index in [0.29, 0.717) is 5.56 Å². The molecule has 0 aromatic heterocycles. The molecule has 3 nitrogen and oxygen atoms in total. The Morgan fingerprint density at radius 3 is 3.06 bits per heavy atom. The van der Waals surface area contributed by atoms with Crippen molar-refractivity contribution in [2.45, 2.75) is 25.9 Å². The van der Waals surface area contributed by atoms with Crippen LogP contribution in [0.5, 0.6) is 5.75 Å². The van der Waals surface area contributed by atoms with E-state index in [2.05, 4.69) is 11.4 Å². The van der Waals surface area contributed by atoms with Crippen LogP contribution >= 0.6 is 0 Å². The Morgan fingerprint density at radius 1 is 1.50 bits per heavy atom. The summed E-state index contributed by atoms with van der Waals surface area (Å²) in [5.74, 6) is 0.841. The highest BCUT2D eigenvalue weighted by Crippen LogP contribution is 2.22. The van der Waals surface area contributed by atoms with E-state index in [0.717, 1.165) is 37.2 Å². The summed E-state index contributed by atoms with van der Waals surface area (Å²) in [6.07, 6.45) is 2.48. The van der Waals surface area contributed by atoms with Crippen LogP contribution in [0, 0.1) is 18.3 Å². The van der Waals surface area contributed by atoms with Gasteiger partial charge in [0, 0.05) is 6.54 Å². The normalized spacial score (nSPS) is 20.1. The minimum absolute atomic E-state index is 0.237. The molecule has 1 saturated heterocycles. The molecule has 1 aliphatic rings. The lowest BCUT2D eigenvalue weighted by atomic mass is 10.1. The van der Waals surface area contributed by atoms with Crippen LogP contribution in [0.1, 0.15) is 24.0 Å². The first-order valence-electron chi connectivity index (χ1n) is 5.68. The molecule has 0 amide bonds. The number of piperidine rings is 1. The molecular weight excluding hydrogens is 200 g/mol. The van der Waals surface area contributed by atoms with Gasteiger partial charge in [-0.3, -0.25) is 0 Å². The number of rotatable bonds is 2. The van der Waals surface area contributed by atoms with Crippen molar-refractivity contribution in [3.8, 4) is 11.8 Å². The third-order valence-electron chi connectivity index (χ3n) is 2.86. The van der Waals surface area contributed by atoms with Crippen molar-refractivity contribution in [2.24, 2.45) is 0 Å². The number of hydrogen-bond acceptors (Lipinski definition) is 3. The zero-order valence-corrected chi connectivity index (χ0v) is 9.49. The summed E-state index contributed by atoms with van der Waals surface area (Å²) in [6.45, 7) is 3.99. The Morgan fingerprint density at radius 2 is 2.38 bits per heavy atom. The standard InChI is InChI=1S/C13H16N2O/c1-10-4-5-11(8-14)7-13(10)16-12-3-2-6-15-9-12/h4-5,7,12,15H,2-3,6,9H2,1H3. The van der Waals surface area contributed by atoms with Crippen LogP contribution < -0.4 is 10.1 Å². The minimum atomic E-state index is 0.237. The fraction of sp³-hybridized carbons (Fsp3) is 0.462. The first kappa shape index (κ1) is 11.0. The molecular formula is C13H16N2O. The van der Waals surface area contributed by atoms with Gasteiger partial charge >= 0.3 is 0 Å². The Hall–Kier alpha value is -1.53. The molecule has 0 radical (unpaired) electrons. The van der Waals surface area contributed by atoms with Crippen molar-refractivity contribution < 1.29 is 4.74 Å². The van der Waals surface area contributed by atoms with E-state index in [1.165, 1.54) is 0 Å². The monoisotopic (exact) mass is 216 g/mol. The lowest BCUT2D eigenvalue weighted by molar-refractivity contribution is 0.166. The Bertz CT molecular complexity index is 403. The van der Waals surface area contributed by atoms with Gasteiger partial charge in [-0.15, -0.1) is 0 Å². The average molecular weight is 216 g/mol. The lowest BCUT2D eigenvalue weighted by Crippen LogP contribution is -2.37. The molecule has 16 heavy (non-hydrogen) atoms. The summed E-state index contributed by atoms with van der Waals surface area (Å²) < 4.78 is 5.91. The van der Waals surface area contributed by atoms with Crippen molar-refractivity contribution in [3.63, 3.8) is 0 Å². The minimum Gasteiger partial charge on any atom is -0.489 e. The molecule has 1 aliphatic heterocycles. The van der Waals surface area contributed by atoms with Crippen molar-refractivity contribution >= 4 is 0 Å². The van der Waals surface area contributed by atoms with Crippen LogP contribution in [0.15, 0.2) is 18.2 Å². The number of hydrogen-bond donors (Lipinski definition) is 1. The lowest BCUT2D eigenvalue weighted by Gasteiger charge is -2.24. The fourth-order valence-electron chi connectivity index (χ4n) is 1.90. The number of nitrogens with one attached hydrogen (secondary N) is 1. The van der Waals surface area contributed by atoms with Gasteiger partial charge in [-0.1, -0.05) is 6.07 Å². The van der Waals surface area contributed by atoms with Crippen LogP contribution in [0.25, 0.3) is 0 Å². The number of aryl methyl sites for hydroxylation is 1. The molecule has 2 rings (SSSR count). The molecule has 1 atom stereocenters. The Balaban J connectivity index is 2.10. The van der Waals surface area contributed by atoms with E-state index in [-0.39, 0.29) is 6.10 Å². The van der Waals surface area contributed by atoms with Crippen molar-refractivity contribution in [2.75, 3.05) is 13.1 Å². The number of ether oxygens (including phenoxy) is 1. The zero-order valence-electron chi connectivity index (χ0n) is 9.49. The van der Waals surface area contributed by atoms with Gasteiger partial charge in [-0.2, -0.15) is 5.26 Å². The fourth-order valence-corrected chi connectivity index (χ4v) is 1.90. The third-order valence-corrected chi connectivity index (χ3v) is 2.86. The summed E-state index contributed by atoms with van der Waals surface area (Å²) >= 11 is 0. The van der Waals surface area contributed by atoms with Gasteiger partial charge in [0.25, 0.3) is 0 Å². The van der Waals surface area contributed by atoms with Gasteiger partial charge in [0.05, 0.1) is 11.6 Å². The van der Waals surface area contributed by atoms with Gasteiger partial charge in [0.15, 0.2) is 0 Å². The molecule has 1 fully saturated rings. The molecule has 1 aromatic rings. The van der Waals surface area contributed by atoms with Gasteiger partial charge < -0.3 is 10.1 Å². The quantitative estimate of drug-likeness (QED) is 0.822. The van der Waals surface area contributed by atoms with E-state index in [4.69, 9.17) is 10.00 Å². The molecule has 0 spiro atoms. The van der Waals surface area contributed by atoms with Crippen molar-refractivity contribution in [1.82, 2.24) is 5.32 Å². The molecule has 84 valence electrons. The number of nitriles is 1. The van der Waals surface area contributed by atoms with Crippen LogP contribution in [-0.4, -0.2) is 19.2 Å². The second-order valence-electron chi connectivity index (χ2n) is 4.18. The maximum Gasteiger partial charge on any atom is 0.124 e. The van der Waals surface area contributed by atoms with Crippen LogP contribution in [-0.2, 0) is 0 Å². The van der Waals surface area contributed by atoms with E-state index < -0.39 is 0 Å². The Labute approximate surface area is 96.0 Å². The molecule has 0 saturated carbocycles. The average Bonchev–Trinajstić information content (AvgIpc) is 2.33. The molecule has 1 N–H and O–H groups in total. The zero-order chi connectivity index (χ0) is 11.4. The summed E-state index contributed by atoms with van der Waals surface area (Å²) in [7, 11) is 0. The highest BCUT2D eigenvalue weighted by molar-refractivity contribution is 5.41. The summed E-state index contributed by atoms with van der Waals surface area (Å²) in [4.78, 5) is 0. The van der Waals surface area contributed by atoms with Crippen LogP contribution in [0.2, 0.25) is 0 Å². The van der Waals surface area contributed by atoms with E-state index in [9.17, 15) is 0 Å². The van der Waals surface area contributed by atoms with E-state index in [1.807, 2.05) is 25.1 Å². The predicted molar refractivity (Wildman–Crippen MR) is 62.4 cm³/mol. The smallest absolute Gasteiger partial charge is 0.124 e. The van der Waals surface area contributed by atoms with Crippen LogP contribution in [0.4, 0.5) is 0 Å².